The van der Waals surface area contributed by atoms with Crippen molar-refractivity contribution in [2.75, 3.05) is 0 Å². The van der Waals surface area contributed by atoms with Crippen molar-refractivity contribution in [1.29, 1.82) is 0 Å². The van der Waals surface area contributed by atoms with E-state index in [9.17, 15) is 0 Å². The van der Waals surface area contributed by atoms with E-state index < -0.39 is 0 Å². The molecular formula is C21H19N5. The van der Waals surface area contributed by atoms with Crippen LogP contribution in [0.3, 0.4) is 0 Å². The average molecular weight is 341 g/mol. The molecule has 2 aromatic carbocycles. The van der Waals surface area contributed by atoms with Crippen molar-refractivity contribution in [1.82, 2.24) is 24.3 Å². The number of aryl methyl sites for hydroxylation is 2. The van der Waals surface area contributed by atoms with Gasteiger partial charge in [0.25, 0.3) is 0 Å². The maximum absolute atomic E-state index is 4.75. The summed E-state index contributed by atoms with van der Waals surface area (Å²) in [5, 5.41) is 8.78. The third-order valence-electron chi connectivity index (χ3n) is 5.06. The van der Waals surface area contributed by atoms with Crippen LogP contribution in [-0.4, -0.2) is 24.3 Å². The molecule has 4 aromatic rings. The highest BCUT2D eigenvalue weighted by Gasteiger charge is 2.24. The van der Waals surface area contributed by atoms with E-state index in [-0.39, 0.29) is 0 Å². The van der Waals surface area contributed by atoms with E-state index in [2.05, 4.69) is 68.7 Å². The van der Waals surface area contributed by atoms with Crippen molar-refractivity contribution in [3.63, 3.8) is 0 Å². The lowest BCUT2D eigenvalue weighted by atomic mass is 10.1. The highest BCUT2D eigenvalue weighted by atomic mass is 15.3. The Kier molecular flexibility index (Phi) is 3.28. The van der Waals surface area contributed by atoms with Gasteiger partial charge < -0.3 is 9.13 Å². The van der Waals surface area contributed by atoms with E-state index in [4.69, 9.17) is 4.98 Å². The fraction of sp³-hybridized carbons (Fsp3) is 0.190. The Bertz CT molecular complexity index is 1100. The number of nitrogens with zero attached hydrogens (tertiary/aromatic N) is 5. The van der Waals surface area contributed by atoms with Crippen LogP contribution in [0.1, 0.15) is 28.3 Å². The van der Waals surface area contributed by atoms with Crippen molar-refractivity contribution in [2.24, 2.45) is 0 Å². The summed E-state index contributed by atoms with van der Waals surface area (Å²) in [6, 6.07) is 17.0. The van der Waals surface area contributed by atoms with E-state index in [1.54, 1.807) is 0 Å². The fourth-order valence-electron chi connectivity index (χ4n) is 3.68. The van der Waals surface area contributed by atoms with Crippen LogP contribution in [0, 0.1) is 13.8 Å². The molecule has 0 radical (unpaired) electrons. The van der Waals surface area contributed by atoms with E-state index in [0.29, 0.717) is 0 Å². The number of rotatable bonds is 2. The minimum Gasteiger partial charge on any atom is -0.305 e. The summed E-state index contributed by atoms with van der Waals surface area (Å²) >= 11 is 0. The molecule has 5 nitrogen and oxygen atoms in total. The summed E-state index contributed by atoms with van der Waals surface area (Å²) < 4.78 is 4.40. The highest BCUT2D eigenvalue weighted by molar-refractivity contribution is 5.70. The first-order valence-electron chi connectivity index (χ1n) is 8.81. The van der Waals surface area contributed by atoms with Crippen LogP contribution in [-0.2, 0) is 13.0 Å². The first-order valence-corrected chi connectivity index (χ1v) is 8.81. The molecular weight excluding hydrogens is 322 g/mol. The maximum atomic E-state index is 4.75. The third-order valence-corrected chi connectivity index (χ3v) is 5.06. The van der Waals surface area contributed by atoms with Gasteiger partial charge in [0, 0.05) is 12.0 Å². The number of aromatic nitrogens is 5. The second-order valence-corrected chi connectivity index (χ2v) is 6.85. The molecule has 0 atom stereocenters. The molecule has 0 bridgehead atoms. The lowest BCUT2D eigenvalue weighted by Crippen LogP contribution is -2.07. The van der Waals surface area contributed by atoms with Crippen molar-refractivity contribution < 1.29 is 0 Å². The second kappa shape index (κ2) is 5.66. The van der Waals surface area contributed by atoms with Gasteiger partial charge in [0.15, 0.2) is 5.82 Å². The monoisotopic (exact) mass is 341 g/mol. The Morgan fingerprint density at radius 3 is 2.69 bits per heavy atom. The van der Waals surface area contributed by atoms with Gasteiger partial charge in [0.2, 0.25) is 0 Å². The molecule has 5 rings (SSSR count). The van der Waals surface area contributed by atoms with Gasteiger partial charge >= 0.3 is 0 Å². The standard InChI is InChI=1S/C21H19N5/c1-14-8-9-19-17(10-14)21-24-23-15(2)25(21)12-20-18(22-13-26(19)20)11-16-6-4-3-5-7-16/h3-10,13H,11-12H2,1-2H3. The molecule has 0 spiro atoms. The molecule has 0 saturated heterocycles. The Morgan fingerprint density at radius 1 is 1.00 bits per heavy atom. The van der Waals surface area contributed by atoms with Gasteiger partial charge in [-0.2, -0.15) is 0 Å². The predicted octanol–water partition coefficient (Wildman–Crippen LogP) is 3.70. The number of fused-ring (bicyclic) bond motifs is 5. The van der Waals surface area contributed by atoms with Gasteiger partial charge in [-0.15, -0.1) is 10.2 Å². The summed E-state index contributed by atoms with van der Waals surface area (Å²) in [6.45, 7) is 4.84. The number of imidazole rings is 1. The van der Waals surface area contributed by atoms with Gasteiger partial charge in [-0.25, -0.2) is 4.98 Å². The molecule has 128 valence electrons. The maximum Gasteiger partial charge on any atom is 0.166 e. The van der Waals surface area contributed by atoms with Crippen molar-refractivity contribution in [2.45, 2.75) is 26.8 Å². The molecule has 0 N–H and O–H groups in total. The van der Waals surface area contributed by atoms with Crippen LogP contribution < -0.4 is 0 Å². The predicted molar refractivity (Wildman–Crippen MR) is 100 cm³/mol. The number of hydrogen-bond donors (Lipinski definition) is 0. The Labute approximate surface area is 152 Å². The Morgan fingerprint density at radius 2 is 1.85 bits per heavy atom. The van der Waals surface area contributed by atoms with E-state index >= 15 is 0 Å². The SMILES string of the molecule is Cc1ccc2c(c1)-c1nnc(C)n1Cc1c(Cc3ccccc3)ncn1-2. The molecule has 0 saturated carbocycles. The third kappa shape index (κ3) is 2.28. The van der Waals surface area contributed by atoms with E-state index in [1.807, 2.05) is 19.3 Å². The zero-order valence-corrected chi connectivity index (χ0v) is 14.8. The van der Waals surface area contributed by atoms with Crippen LogP contribution in [0.25, 0.3) is 17.1 Å². The molecule has 1 aliphatic heterocycles. The quantitative estimate of drug-likeness (QED) is 0.492. The summed E-state index contributed by atoms with van der Waals surface area (Å²) in [5.74, 6) is 1.85. The van der Waals surface area contributed by atoms with E-state index in [1.165, 1.54) is 16.8 Å². The lowest BCUT2D eigenvalue weighted by molar-refractivity contribution is 0.735. The fourth-order valence-corrected chi connectivity index (χ4v) is 3.68. The van der Waals surface area contributed by atoms with Crippen molar-refractivity contribution in [3.05, 3.63) is 83.2 Å². The number of benzene rings is 2. The van der Waals surface area contributed by atoms with Crippen LogP contribution in [0.15, 0.2) is 54.9 Å². The molecule has 0 fully saturated rings. The van der Waals surface area contributed by atoms with Crippen LogP contribution >= 0.6 is 0 Å². The van der Waals surface area contributed by atoms with Crippen molar-refractivity contribution >= 4 is 0 Å². The topological polar surface area (TPSA) is 48.5 Å². The first-order chi connectivity index (χ1) is 12.7. The molecule has 2 aromatic heterocycles. The Hall–Kier alpha value is -3.21. The zero-order valence-electron chi connectivity index (χ0n) is 14.8. The van der Waals surface area contributed by atoms with Crippen LogP contribution in [0.2, 0.25) is 0 Å². The largest absolute Gasteiger partial charge is 0.305 e. The van der Waals surface area contributed by atoms with Gasteiger partial charge in [0.05, 0.1) is 29.9 Å². The summed E-state index contributed by atoms with van der Waals surface area (Å²) in [7, 11) is 0. The molecule has 0 unspecified atom stereocenters. The normalized spacial score (nSPS) is 12.2. The van der Waals surface area contributed by atoms with Gasteiger partial charge in [-0.1, -0.05) is 42.0 Å². The lowest BCUT2D eigenvalue weighted by Gasteiger charge is -2.09. The summed E-state index contributed by atoms with van der Waals surface area (Å²) in [6.07, 6.45) is 2.76. The molecule has 0 amide bonds. The average Bonchev–Trinajstić information content (AvgIpc) is 3.17. The second-order valence-electron chi connectivity index (χ2n) is 6.85. The van der Waals surface area contributed by atoms with Crippen molar-refractivity contribution in [3.8, 4) is 17.1 Å². The van der Waals surface area contributed by atoms with Crippen LogP contribution in [0.4, 0.5) is 0 Å². The van der Waals surface area contributed by atoms with Gasteiger partial charge in [-0.3, -0.25) is 0 Å². The molecule has 3 heterocycles. The molecule has 1 aliphatic rings. The Balaban J connectivity index is 1.71. The number of hydrogen-bond acceptors (Lipinski definition) is 3. The smallest absolute Gasteiger partial charge is 0.166 e. The minimum atomic E-state index is 0.726. The minimum absolute atomic E-state index is 0.726. The van der Waals surface area contributed by atoms with E-state index in [0.717, 1.165) is 41.6 Å². The molecule has 5 heteroatoms. The van der Waals surface area contributed by atoms with Gasteiger partial charge in [-0.05, 0) is 31.5 Å². The first kappa shape index (κ1) is 15.1. The van der Waals surface area contributed by atoms with Crippen LogP contribution in [0.5, 0.6) is 0 Å². The summed E-state index contributed by atoms with van der Waals surface area (Å²) in [4.78, 5) is 4.75. The zero-order chi connectivity index (χ0) is 17.7. The molecule has 0 aliphatic carbocycles. The van der Waals surface area contributed by atoms with Gasteiger partial charge in [0.1, 0.15) is 5.82 Å². The molecule has 26 heavy (non-hydrogen) atoms. The highest BCUT2D eigenvalue weighted by Crippen LogP contribution is 2.33. The summed E-state index contributed by atoms with van der Waals surface area (Å²) in [5.41, 5.74) is 6.99.